The van der Waals surface area contributed by atoms with Crippen molar-refractivity contribution in [2.24, 2.45) is 0 Å². The standard InChI is InChI=1S/C13H19N3O5S2/c1-8-10(12(19)16-13(20)14-8)3-4-11(18)15-9(5-17)6-23(21)7-22-2/h3-4,9,17H,5-7H2,1-2H3,(H,15,18)(H2,14,16,19,20)/t9-,23+/m0/s1. The fourth-order valence-corrected chi connectivity index (χ4v) is 3.84. The van der Waals surface area contributed by atoms with Crippen molar-refractivity contribution in [3.8, 4) is 0 Å². The Balaban J connectivity index is 2.74. The highest BCUT2D eigenvalue weighted by Gasteiger charge is 2.13. The van der Waals surface area contributed by atoms with Gasteiger partial charge in [-0.25, -0.2) is 4.79 Å². The van der Waals surface area contributed by atoms with Crippen LogP contribution < -0.4 is 16.6 Å². The van der Waals surface area contributed by atoms with Crippen molar-refractivity contribution in [1.82, 2.24) is 15.3 Å². The summed E-state index contributed by atoms with van der Waals surface area (Å²) in [5.41, 5.74) is -0.727. The number of nitrogens with one attached hydrogen (secondary N) is 3. The third-order valence-electron chi connectivity index (χ3n) is 2.78. The lowest BCUT2D eigenvalue weighted by atomic mass is 10.2. The van der Waals surface area contributed by atoms with E-state index in [0.29, 0.717) is 10.8 Å². The molecule has 8 nitrogen and oxygen atoms in total. The maximum absolute atomic E-state index is 11.8. The van der Waals surface area contributed by atoms with E-state index in [4.69, 9.17) is 0 Å². The molecule has 1 rings (SSSR count). The van der Waals surface area contributed by atoms with E-state index in [-0.39, 0.29) is 17.9 Å². The van der Waals surface area contributed by atoms with Crippen LogP contribution in [0.4, 0.5) is 0 Å². The molecule has 128 valence electrons. The van der Waals surface area contributed by atoms with Gasteiger partial charge in [0, 0.05) is 28.3 Å². The Labute approximate surface area is 139 Å². The van der Waals surface area contributed by atoms with Crippen molar-refractivity contribution in [2.45, 2.75) is 13.0 Å². The van der Waals surface area contributed by atoms with E-state index in [1.165, 1.54) is 24.8 Å². The van der Waals surface area contributed by atoms with Gasteiger partial charge in [-0.2, -0.15) is 11.8 Å². The van der Waals surface area contributed by atoms with E-state index in [1.54, 1.807) is 0 Å². The molecule has 0 aromatic carbocycles. The normalized spacial score (nSPS) is 13.9. The van der Waals surface area contributed by atoms with Crippen LogP contribution in [0, 0.1) is 6.92 Å². The Morgan fingerprint density at radius 1 is 1.43 bits per heavy atom. The van der Waals surface area contributed by atoms with E-state index < -0.39 is 34.0 Å². The second-order valence-corrected chi connectivity index (χ2v) is 7.41. The van der Waals surface area contributed by atoms with E-state index in [1.807, 2.05) is 6.26 Å². The van der Waals surface area contributed by atoms with Crippen molar-refractivity contribution in [1.29, 1.82) is 0 Å². The summed E-state index contributed by atoms with van der Waals surface area (Å²) in [6, 6.07) is -0.630. The number of carbonyl (C=O) groups excluding carboxylic acids is 1. The zero-order chi connectivity index (χ0) is 17.4. The average molecular weight is 361 g/mol. The molecular formula is C13H19N3O5S2. The minimum absolute atomic E-state index is 0.148. The number of amides is 1. The molecule has 0 aliphatic carbocycles. The fourth-order valence-electron chi connectivity index (χ4n) is 1.76. The minimum atomic E-state index is -1.15. The Bertz CT molecular complexity index is 710. The molecule has 0 aliphatic heterocycles. The number of aromatic nitrogens is 2. The highest BCUT2D eigenvalue weighted by atomic mass is 32.2. The van der Waals surface area contributed by atoms with Gasteiger partial charge in [-0.05, 0) is 19.3 Å². The number of aliphatic hydroxyl groups is 1. The van der Waals surface area contributed by atoms with Gasteiger partial charge in [-0.1, -0.05) is 0 Å². The zero-order valence-electron chi connectivity index (χ0n) is 12.8. The zero-order valence-corrected chi connectivity index (χ0v) is 14.4. The molecule has 0 saturated heterocycles. The highest BCUT2D eigenvalue weighted by molar-refractivity contribution is 8.09. The molecule has 0 unspecified atom stereocenters. The Morgan fingerprint density at radius 3 is 2.70 bits per heavy atom. The first-order chi connectivity index (χ1) is 10.9. The summed E-state index contributed by atoms with van der Waals surface area (Å²) >= 11 is 1.42. The molecule has 0 fully saturated rings. The Kier molecular flexibility index (Phi) is 8.00. The molecule has 10 heteroatoms. The smallest absolute Gasteiger partial charge is 0.325 e. The predicted molar refractivity (Wildman–Crippen MR) is 91.9 cm³/mol. The number of carbonyl (C=O) groups is 1. The molecule has 0 spiro atoms. The topological polar surface area (TPSA) is 132 Å². The maximum atomic E-state index is 11.8. The van der Waals surface area contributed by atoms with Crippen LogP contribution in [0.3, 0.4) is 0 Å². The molecule has 1 amide bonds. The summed E-state index contributed by atoms with van der Waals surface area (Å²) in [6.45, 7) is 1.20. The van der Waals surface area contributed by atoms with Crippen molar-refractivity contribution in [3.05, 3.63) is 38.2 Å². The number of hydrogen-bond donors (Lipinski definition) is 4. The van der Waals surface area contributed by atoms with Gasteiger partial charge in [0.2, 0.25) is 5.91 Å². The molecule has 23 heavy (non-hydrogen) atoms. The molecule has 0 radical (unpaired) electrons. The summed E-state index contributed by atoms with van der Waals surface area (Å²) in [4.78, 5) is 39.0. The second kappa shape index (κ2) is 9.48. The van der Waals surface area contributed by atoms with Crippen LogP contribution in [0.15, 0.2) is 15.7 Å². The van der Waals surface area contributed by atoms with Gasteiger partial charge in [-0.3, -0.25) is 18.8 Å². The van der Waals surface area contributed by atoms with Gasteiger partial charge in [0.05, 0.1) is 23.3 Å². The van der Waals surface area contributed by atoms with E-state index >= 15 is 0 Å². The van der Waals surface area contributed by atoms with Gasteiger partial charge in [0.15, 0.2) is 0 Å². The maximum Gasteiger partial charge on any atom is 0.325 e. The number of aromatic amines is 2. The summed E-state index contributed by atoms with van der Waals surface area (Å²) in [7, 11) is -1.15. The first-order valence-electron chi connectivity index (χ1n) is 6.64. The van der Waals surface area contributed by atoms with Crippen LogP contribution in [0.2, 0.25) is 0 Å². The molecule has 0 saturated carbocycles. The quantitative estimate of drug-likeness (QED) is 0.436. The molecule has 0 aliphatic rings. The molecule has 1 heterocycles. The summed E-state index contributed by atoms with van der Waals surface area (Å²) < 4.78 is 11.6. The number of aryl methyl sites for hydroxylation is 1. The molecular weight excluding hydrogens is 342 g/mol. The van der Waals surface area contributed by atoms with Gasteiger partial charge in [0.25, 0.3) is 5.56 Å². The predicted octanol–water partition coefficient (Wildman–Crippen LogP) is -1.07. The molecule has 0 bridgehead atoms. The largest absolute Gasteiger partial charge is 0.394 e. The first kappa shape index (κ1) is 19.4. The lowest BCUT2D eigenvalue weighted by Crippen LogP contribution is -2.40. The van der Waals surface area contributed by atoms with Crippen molar-refractivity contribution >= 4 is 34.5 Å². The van der Waals surface area contributed by atoms with Crippen LogP contribution in [0.5, 0.6) is 0 Å². The molecule has 1 aromatic heterocycles. The van der Waals surface area contributed by atoms with E-state index in [9.17, 15) is 23.7 Å². The van der Waals surface area contributed by atoms with Crippen molar-refractivity contribution in [3.63, 3.8) is 0 Å². The van der Waals surface area contributed by atoms with Gasteiger partial charge in [-0.15, -0.1) is 0 Å². The SMILES string of the molecule is CSC[S@](=O)C[C@H](CO)NC(=O)C=Cc1c(C)[nH]c(=O)[nH]c1=O. The monoisotopic (exact) mass is 361 g/mol. The number of H-pyrrole nitrogens is 2. The minimum Gasteiger partial charge on any atom is -0.394 e. The summed E-state index contributed by atoms with van der Waals surface area (Å²) in [5.74, 6) is -0.384. The molecule has 1 aromatic rings. The van der Waals surface area contributed by atoms with Crippen molar-refractivity contribution in [2.75, 3.05) is 23.7 Å². The highest BCUT2D eigenvalue weighted by Crippen LogP contribution is 2.00. The third-order valence-corrected chi connectivity index (χ3v) is 5.55. The number of thioether (sulfide) groups is 1. The van der Waals surface area contributed by atoms with Gasteiger partial charge >= 0.3 is 5.69 Å². The fraction of sp³-hybridized carbons (Fsp3) is 0.462. The molecule has 4 N–H and O–H groups in total. The van der Waals surface area contributed by atoms with E-state index in [0.717, 1.165) is 6.08 Å². The van der Waals surface area contributed by atoms with E-state index in [2.05, 4.69) is 15.3 Å². The Hall–Kier alpha value is -1.65. The van der Waals surface area contributed by atoms with Crippen molar-refractivity contribution < 1.29 is 14.1 Å². The lowest BCUT2D eigenvalue weighted by molar-refractivity contribution is -0.117. The second-order valence-electron chi connectivity index (χ2n) is 4.68. The van der Waals surface area contributed by atoms with Crippen LogP contribution in [0.1, 0.15) is 11.3 Å². The van der Waals surface area contributed by atoms with Gasteiger partial charge in [0.1, 0.15) is 0 Å². The van der Waals surface area contributed by atoms with Crippen LogP contribution in [-0.4, -0.2) is 54.9 Å². The number of hydrogen-bond acceptors (Lipinski definition) is 6. The Morgan fingerprint density at radius 2 is 2.13 bits per heavy atom. The van der Waals surface area contributed by atoms with Gasteiger partial charge < -0.3 is 15.4 Å². The van der Waals surface area contributed by atoms with Crippen LogP contribution in [0.25, 0.3) is 6.08 Å². The summed E-state index contributed by atoms with van der Waals surface area (Å²) in [6.07, 6.45) is 4.21. The average Bonchev–Trinajstić information content (AvgIpc) is 2.45. The number of aliphatic hydroxyl groups excluding tert-OH is 1. The molecule has 2 atom stereocenters. The van der Waals surface area contributed by atoms with Crippen LogP contribution >= 0.6 is 11.8 Å². The lowest BCUT2D eigenvalue weighted by Gasteiger charge is -2.14. The third kappa shape index (κ3) is 6.55. The first-order valence-corrected chi connectivity index (χ1v) is 9.52. The van der Waals surface area contributed by atoms with Crippen LogP contribution in [-0.2, 0) is 15.6 Å². The number of rotatable bonds is 8. The summed E-state index contributed by atoms with van der Waals surface area (Å²) in [5, 5.41) is 12.2.